The van der Waals surface area contributed by atoms with Crippen LogP contribution in [0.15, 0.2) is 18.3 Å². The van der Waals surface area contributed by atoms with E-state index in [1.54, 1.807) is 6.07 Å². The lowest BCUT2D eigenvalue weighted by molar-refractivity contribution is 0.0690. The molecule has 1 unspecified atom stereocenters. The molecule has 1 aromatic rings. The number of anilines is 1. The molecule has 0 saturated carbocycles. The van der Waals surface area contributed by atoms with Gasteiger partial charge < -0.3 is 15.1 Å². The Morgan fingerprint density at radius 3 is 2.80 bits per heavy atom. The molecule has 0 bridgehead atoms. The number of aliphatic hydroxyl groups excluding tert-OH is 1. The minimum Gasteiger partial charge on any atom is -0.477 e. The number of hydrogen-bond donors (Lipinski definition) is 2. The first-order chi connectivity index (χ1) is 7.16. The Kier molecular flexibility index (Phi) is 2.55. The predicted octanol–water partition coefficient (Wildman–Crippen LogP) is 0.351. The minimum absolute atomic E-state index is 0.0403. The van der Waals surface area contributed by atoms with Crippen molar-refractivity contribution in [2.45, 2.75) is 12.5 Å². The summed E-state index contributed by atoms with van der Waals surface area (Å²) in [7, 11) is 0. The molecule has 0 radical (unpaired) electrons. The van der Waals surface area contributed by atoms with Crippen molar-refractivity contribution >= 4 is 11.7 Å². The zero-order chi connectivity index (χ0) is 10.8. The molecule has 1 aliphatic heterocycles. The van der Waals surface area contributed by atoms with Gasteiger partial charge in [-0.15, -0.1) is 0 Å². The Morgan fingerprint density at radius 2 is 2.33 bits per heavy atom. The van der Waals surface area contributed by atoms with E-state index in [-0.39, 0.29) is 11.8 Å². The van der Waals surface area contributed by atoms with Crippen molar-refractivity contribution in [2.24, 2.45) is 0 Å². The van der Waals surface area contributed by atoms with E-state index in [9.17, 15) is 9.90 Å². The normalized spacial score (nSPS) is 20.6. The SMILES string of the molecule is O=C(O)c1ccc(N2CCC(O)C2)cn1. The van der Waals surface area contributed by atoms with Crippen molar-refractivity contribution in [1.29, 1.82) is 0 Å². The van der Waals surface area contributed by atoms with E-state index >= 15 is 0 Å². The molecule has 2 N–H and O–H groups in total. The Hall–Kier alpha value is -1.62. The molecule has 1 aromatic heterocycles. The Labute approximate surface area is 87.0 Å². The second-order valence-corrected chi connectivity index (χ2v) is 3.60. The molecular formula is C10H12N2O3. The average Bonchev–Trinajstić information content (AvgIpc) is 2.65. The largest absolute Gasteiger partial charge is 0.477 e. The summed E-state index contributed by atoms with van der Waals surface area (Å²) in [5.41, 5.74) is 0.898. The summed E-state index contributed by atoms with van der Waals surface area (Å²) < 4.78 is 0. The van der Waals surface area contributed by atoms with Crippen LogP contribution >= 0.6 is 0 Å². The Morgan fingerprint density at radius 1 is 1.53 bits per heavy atom. The first-order valence-electron chi connectivity index (χ1n) is 4.79. The topological polar surface area (TPSA) is 73.7 Å². The van der Waals surface area contributed by atoms with Gasteiger partial charge in [0.15, 0.2) is 0 Å². The molecule has 15 heavy (non-hydrogen) atoms. The van der Waals surface area contributed by atoms with Gasteiger partial charge in [-0.3, -0.25) is 0 Å². The maximum absolute atomic E-state index is 10.6. The van der Waals surface area contributed by atoms with Gasteiger partial charge in [-0.1, -0.05) is 0 Å². The molecular weight excluding hydrogens is 196 g/mol. The van der Waals surface area contributed by atoms with Crippen molar-refractivity contribution < 1.29 is 15.0 Å². The number of hydrogen-bond acceptors (Lipinski definition) is 4. The summed E-state index contributed by atoms with van der Waals surface area (Å²) in [5.74, 6) is -1.02. The van der Waals surface area contributed by atoms with Crippen LogP contribution in [0.3, 0.4) is 0 Å². The number of carboxylic acids is 1. The van der Waals surface area contributed by atoms with E-state index in [1.807, 2.05) is 4.90 Å². The van der Waals surface area contributed by atoms with Gasteiger partial charge in [0, 0.05) is 13.1 Å². The summed E-state index contributed by atoms with van der Waals surface area (Å²) in [5, 5.41) is 18.0. The van der Waals surface area contributed by atoms with Crippen molar-refractivity contribution in [3.05, 3.63) is 24.0 Å². The van der Waals surface area contributed by atoms with Crippen LogP contribution in [0.25, 0.3) is 0 Å². The smallest absolute Gasteiger partial charge is 0.354 e. The number of carboxylic acid groups (broad SMARTS) is 1. The monoisotopic (exact) mass is 208 g/mol. The molecule has 2 rings (SSSR count). The first-order valence-corrected chi connectivity index (χ1v) is 4.79. The van der Waals surface area contributed by atoms with Gasteiger partial charge in [0.25, 0.3) is 0 Å². The second kappa shape index (κ2) is 3.86. The summed E-state index contributed by atoms with van der Waals surface area (Å²) in [6.45, 7) is 1.38. The third kappa shape index (κ3) is 2.07. The number of pyridine rings is 1. The molecule has 1 saturated heterocycles. The van der Waals surface area contributed by atoms with E-state index in [2.05, 4.69) is 4.98 Å². The van der Waals surface area contributed by atoms with Gasteiger partial charge in [0.05, 0.1) is 18.0 Å². The third-order valence-electron chi connectivity index (χ3n) is 2.50. The molecule has 0 aromatic carbocycles. The molecule has 1 fully saturated rings. The van der Waals surface area contributed by atoms with Gasteiger partial charge in [0.1, 0.15) is 5.69 Å². The van der Waals surface area contributed by atoms with Gasteiger partial charge >= 0.3 is 5.97 Å². The van der Waals surface area contributed by atoms with E-state index in [4.69, 9.17) is 5.11 Å². The van der Waals surface area contributed by atoms with Crippen molar-refractivity contribution in [2.75, 3.05) is 18.0 Å². The Bertz CT molecular complexity index is 363. The summed E-state index contributed by atoms with van der Waals surface area (Å²) in [4.78, 5) is 16.4. The van der Waals surface area contributed by atoms with E-state index < -0.39 is 5.97 Å². The fourth-order valence-corrected chi connectivity index (χ4v) is 1.68. The number of nitrogens with zero attached hydrogens (tertiary/aromatic N) is 2. The van der Waals surface area contributed by atoms with Gasteiger partial charge in [-0.05, 0) is 18.6 Å². The number of carbonyl (C=O) groups is 1. The number of aliphatic hydroxyl groups is 1. The van der Waals surface area contributed by atoms with Crippen LogP contribution in [0, 0.1) is 0 Å². The number of rotatable bonds is 2. The highest BCUT2D eigenvalue weighted by atomic mass is 16.4. The molecule has 5 heteroatoms. The molecule has 0 spiro atoms. The second-order valence-electron chi connectivity index (χ2n) is 3.60. The lowest BCUT2D eigenvalue weighted by Crippen LogP contribution is -2.21. The van der Waals surface area contributed by atoms with Crippen LogP contribution in [0.1, 0.15) is 16.9 Å². The fourth-order valence-electron chi connectivity index (χ4n) is 1.68. The summed E-state index contributed by atoms with van der Waals surface area (Å²) >= 11 is 0. The van der Waals surface area contributed by atoms with Crippen LogP contribution in [-0.4, -0.2) is 40.4 Å². The first kappa shape index (κ1) is 9.92. The molecule has 5 nitrogen and oxygen atoms in total. The van der Waals surface area contributed by atoms with Crippen LogP contribution in [0.5, 0.6) is 0 Å². The number of aromatic carboxylic acids is 1. The molecule has 1 aliphatic rings. The lowest BCUT2D eigenvalue weighted by atomic mass is 10.3. The molecule has 0 amide bonds. The van der Waals surface area contributed by atoms with Crippen molar-refractivity contribution in [3.63, 3.8) is 0 Å². The van der Waals surface area contributed by atoms with E-state index in [0.29, 0.717) is 6.54 Å². The van der Waals surface area contributed by atoms with E-state index in [1.165, 1.54) is 12.3 Å². The zero-order valence-corrected chi connectivity index (χ0v) is 8.13. The van der Waals surface area contributed by atoms with Gasteiger partial charge in [-0.25, -0.2) is 9.78 Å². The minimum atomic E-state index is -1.02. The Balaban J connectivity index is 2.13. The maximum Gasteiger partial charge on any atom is 0.354 e. The van der Waals surface area contributed by atoms with Crippen molar-refractivity contribution in [1.82, 2.24) is 4.98 Å². The van der Waals surface area contributed by atoms with E-state index in [0.717, 1.165) is 18.7 Å². The highest BCUT2D eigenvalue weighted by Gasteiger charge is 2.20. The zero-order valence-electron chi connectivity index (χ0n) is 8.13. The standard InChI is InChI=1S/C10H12N2O3/c13-8-3-4-12(6-8)7-1-2-9(10(14)15)11-5-7/h1-2,5,8,13H,3-4,6H2,(H,14,15). The highest BCUT2D eigenvalue weighted by molar-refractivity contribution is 5.85. The molecule has 0 aliphatic carbocycles. The molecule has 1 atom stereocenters. The van der Waals surface area contributed by atoms with Gasteiger partial charge in [-0.2, -0.15) is 0 Å². The third-order valence-corrected chi connectivity index (χ3v) is 2.50. The number of β-amino-alcohol motifs (C(OH)–C–C–N with tert-alkyl or cyclic N) is 1. The number of aromatic nitrogens is 1. The van der Waals surface area contributed by atoms with Crippen LogP contribution in [0.4, 0.5) is 5.69 Å². The molecule has 80 valence electrons. The van der Waals surface area contributed by atoms with Crippen molar-refractivity contribution in [3.8, 4) is 0 Å². The fraction of sp³-hybridized carbons (Fsp3) is 0.400. The lowest BCUT2D eigenvalue weighted by Gasteiger charge is -2.16. The van der Waals surface area contributed by atoms with Gasteiger partial charge in [0.2, 0.25) is 0 Å². The highest BCUT2D eigenvalue weighted by Crippen LogP contribution is 2.19. The quantitative estimate of drug-likeness (QED) is 0.733. The summed E-state index contributed by atoms with van der Waals surface area (Å²) in [6, 6.07) is 3.19. The summed E-state index contributed by atoms with van der Waals surface area (Å²) in [6.07, 6.45) is 1.99. The molecule has 2 heterocycles. The van der Waals surface area contributed by atoms with Crippen LogP contribution in [0.2, 0.25) is 0 Å². The maximum atomic E-state index is 10.6. The van der Waals surface area contributed by atoms with Crippen LogP contribution < -0.4 is 4.90 Å². The van der Waals surface area contributed by atoms with Crippen LogP contribution in [-0.2, 0) is 0 Å². The average molecular weight is 208 g/mol. The predicted molar refractivity (Wildman–Crippen MR) is 54.0 cm³/mol.